The van der Waals surface area contributed by atoms with Crippen LogP contribution in [0.2, 0.25) is 0 Å². The van der Waals surface area contributed by atoms with E-state index in [1.165, 1.54) is 24.8 Å². The molecular formula is C24H28N4O6S2. The topological polar surface area (TPSA) is 144 Å². The Morgan fingerprint density at radius 3 is 2.67 bits per heavy atom. The van der Waals surface area contributed by atoms with Gasteiger partial charge >= 0.3 is 5.97 Å². The fourth-order valence-corrected chi connectivity index (χ4v) is 4.02. The molecule has 36 heavy (non-hydrogen) atoms. The van der Waals surface area contributed by atoms with Gasteiger partial charge in [-0.3, -0.25) is 19.2 Å². The van der Waals surface area contributed by atoms with Crippen LogP contribution in [0, 0.1) is 0 Å². The predicted octanol–water partition coefficient (Wildman–Crippen LogP) is 1.88. The van der Waals surface area contributed by atoms with Crippen LogP contribution in [0.5, 0.6) is 0 Å². The zero-order valence-corrected chi connectivity index (χ0v) is 21.6. The number of nitrogens with one attached hydrogen (secondary N) is 3. The average molecular weight is 533 g/mol. The van der Waals surface area contributed by atoms with Crippen LogP contribution in [0.4, 0.5) is 0 Å². The Kier molecular flexibility index (Phi) is 11.4. The van der Waals surface area contributed by atoms with Crippen LogP contribution in [0.15, 0.2) is 54.1 Å². The summed E-state index contributed by atoms with van der Waals surface area (Å²) in [6.07, 6.45) is 5.62. The minimum absolute atomic E-state index is 0.0106. The lowest BCUT2D eigenvalue weighted by Gasteiger charge is -2.20. The lowest BCUT2D eigenvalue weighted by molar-refractivity contribution is -0.150. The van der Waals surface area contributed by atoms with E-state index in [1.54, 1.807) is 30.5 Å². The summed E-state index contributed by atoms with van der Waals surface area (Å²) in [4.78, 5) is 66.6. The monoisotopic (exact) mass is 532 g/mol. The van der Waals surface area contributed by atoms with Gasteiger partial charge in [0.15, 0.2) is 5.12 Å². The molecule has 2 atom stereocenters. The molecule has 0 fully saturated rings. The van der Waals surface area contributed by atoms with E-state index in [-0.39, 0.29) is 29.5 Å². The van der Waals surface area contributed by atoms with E-state index in [9.17, 15) is 24.0 Å². The number of carbonyl (C=O) groups is 5. The number of pyridine rings is 1. The van der Waals surface area contributed by atoms with Crippen molar-refractivity contribution < 1.29 is 28.7 Å². The van der Waals surface area contributed by atoms with E-state index < -0.39 is 35.8 Å². The lowest BCUT2D eigenvalue weighted by Crippen LogP contribution is -2.45. The number of fused-ring (bicyclic) bond motifs is 2. The van der Waals surface area contributed by atoms with Crippen molar-refractivity contribution in [3.63, 3.8) is 0 Å². The number of cyclic esters (lactones) is 1. The minimum atomic E-state index is -1.26. The Morgan fingerprint density at radius 2 is 2.00 bits per heavy atom. The SMILES string of the molecule is C=C[C@@H]1NC(=O)C(=C)NC(=O)c2nc(ccc2SC)CNC(=O)C[C@@H](/C=C/CCSC(C)=O)OC1=O. The molecule has 0 spiro atoms. The summed E-state index contributed by atoms with van der Waals surface area (Å²) >= 11 is 2.45. The Hall–Kier alpha value is -3.38. The second kappa shape index (κ2) is 14.2. The fraction of sp³-hybridized carbons (Fsp3) is 0.333. The Morgan fingerprint density at radius 1 is 1.25 bits per heavy atom. The summed E-state index contributed by atoms with van der Waals surface area (Å²) in [5.41, 5.74) is 0.198. The second-order valence-electron chi connectivity index (χ2n) is 7.49. The van der Waals surface area contributed by atoms with E-state index in [0.29, 0.717) is 22.8 Å². The summed E-state index contributed by atoms with van der Waals surface area (Å²) in [6, 6.07) is 2.11. The number of amides is 3. The molecule has 0 saturated heterocycles. The molecule has 10 nitrogen and oxygen atoms in total. The molecule has 3 amide bonds. The quantitative estimate of drug-likeness (QED) is 0.164. The third kappa shape index (κ3) is 9.00. The molecule has 1 aromatic heterocycles. The number of carbonyl (C=O) groups excluding carboxylic acids is 5. The molecule has 0 aromatic carbocycles. The zero-order valence-electron chi connectivity index (χ0n) is 20.0. The molecule has 12 heteroatoms. The van der Waals surface area contributed by atoms with Crippen molar-refractivity contribution in [2.45, 2.75) is 43.4 Å². The molecule has 2 heterocycles. The van der Waals surface area contributed by atoms with Crippen LogP contribution in [0.25, 0.3) is 0 Å². The Labute approximate surface area is 217 Å². The third-order valence-corrected chi connectivity index (χ3v) is 6.34. The molecule has 192 valence electrons. The number of aromatic nitrogens is 1. The highest BCUT2D eigenvalue weighted by Gasteiger charge is 2.26. The van der Waals surface area contributed by atoms with Gasteiger partial charge in [-0.25, -0.2) is 9.78 Å². The molecule has 0 radical (unpaired) electrons. The molecule has 3 N–H and O–H groups in total. The molecule has 1 aromatic rings. The predicted molar refractivity (Wildman–Crippen MR) is 138 cm³/mol. The minimum Gasteiger partial charge on any atom is -0.456 e. The van der Waals surface area contributed by atoms with Crippen LogP contribution in [0.1, 0.15) is 35.9 Å². The highest BCUT2D eigenvalue weighted by atomic mass is 32.2. The van der Waals surface area contributed by atoms with Crippen molar-refractivity contribution >= 4 is 52.3 Å². The van der Waals surface area contributed by atoms with Gasteiger partial charge < -0.3 is 20.7 Å². The number of thioether (sulfide) groups is 2. The van der Waals surface area contributed by atoms with E-state index in [0.717, 1.165) is 11.8 Å². The summed E-state index contributed by atoms with van der Waals surface area (Å²) < 4.78 is 5.45. The normalized spacial score (nSPS) is 19.8. The van der Waals surface area contributed by atoms with E-state index in [4.69, 9.17) is 4.74 Å². The number of esters is 1. The maximum absolute atomic E-state index is 12.8. The zero-order chi connectivity index (χ0) is 26.7. The summed E-state index contributed by atoms with van der Waals surface area (Å²) in [7, 11) is 0. The van der Waals surface area contributed by atoms with E-state index in [2.05, 4.69) is 34.1 Å². The van der Waals surface area contributed by atoms with Gasteiger partial charge in [-0.15, -0.1) is 18.3 Å². The first-order chi connectivity index (χ1) is 17.1. The van der Waals surface area contributed by atoms with Crippen molar-refractivity contribution in [1.82, 2.24) is 20.9 Å². The lowest BCUT2D eigenvalue weighted by atomic mass is 10.2. The van der Waals surface area contributed by atoms with Gasteiger partial charge in [0, 0.05) is 17.6 Å². The highest BCUT2D eigenvalue weighted by molar-refractivity contribution is 8.13. The number of hydrogen-bond donors (Lipinski definition) is 3. The van der Waals surface area contributed by atoms with E-state index in [1.807, 2.05) is 0 Å². The first kappa shape index (κ1) is 28.9. The molecule has 0 unspecified atom stereocenters. The van der Waals surface area contributed by atoms with Gasteiger partial charge in [-0.1, -0.05) is 30.5 Å². The maximum Gasteiger partial charge on any atom is 0.333 e. The van der Waals surface area contributed by atoms with Gasteiger partial charge in [0.1, 0.15) is 17.8 Å². The number of rotatable bonds is 6. The van der Waals surface area contributed by atoms with Gasteiger partial charge in [-0.2, -0.15) is 0 Å². The van der Waals surface area contributed by atoms with Crippen molar-refractivity contribution in [3.05, 3.63) is 60.6 Å². The standard InChI is InChI=1S/C24H28N4O6S2/c1-5-18-24(33)34-17(8-6-7-11-36-15(3)29)12-20(30)25-13-16-9-10-19(35-4)21(27-16)23(32)26-14(2)22(31)28-18/h5-6,8-10,17-18H,1-2,7,11-13H2,3-4H3,(H,25,30)(H,26,32)(H,28,31)/b8-6+/t17-,18+/m1/s1. The molecule has 2 rings (SSSR count). The number of hydrogen-bond acceptors (Lipinski definition) is 9. The van der Waals surface area contributed by atoms with Crippen LogP contribution >= 0.6 is 23.5 Å². The number of nitrogens with zero attached hydrogens (tertiary/aromatic N) is 1. The first-order valence-electron chi connectivity index (χ1n) is 10.9. The molecule has 1 aliphatic rings. The third-order valence-electron chi connectivity index (χ3n) is 4.73. The summed E-state index contributed by atoms with van der Waals surface area (Å²) in [5, 5.41) is 7.47. The van der Waals surface area contributed by atoms with Gasteiger partial charge in [0.25, 0.3) is 11.8 Å². The first-order valence-corrected chi connectivity index (χ1v) is 13.1. The van der Waals surface area contributed by atoms with Crippen molar-refractivity contribution in [2.24, 2.45) is 0 Å². The van der Waals surface area contributed by atoms with Gasteiger partial charge in [0.05, 0.1) is 24.4 Å². The Bertz CT molecular complexity index is 1090. The molecular weight excluding hydrogens is 504 g/mol. The van der Waals surface area contributed by atoms with Crippen molar-refractivity contribution in [3.8, 4) is 0 Å². The molecule has 0 aliphatic carbocycles. The van der Waals surface area contributed by atoms with E-state index >= 15 is 0 Å². The second-order valence-corrected chi connectivity index (χ2v) is 9.61. The maximum atomic E-state index is 12.8. The molecule has 2 bridgehead atoms. The molecule has 1 aliphatic heterocycles. The smallest absolute Gasteiger partial charge is 0.333 e. The van der Waals surface area contributed by atoms with Crippen molar-refractivity contribution in [1.29, 1.82) is 0 Å². The molecule has 0 saturated carbocycles. The summed E-state index contributed by atoms with van der Waals surface area (Å²) in [6.45, 7) is 8.62. The highest BCUT2D eigenvalue weighted by Crippen LogP contribution is 2.19. The van der Waals surface area contributed by atoms with Crippen LogP contribution in [-0.4, -0.2) is 57.9 Å². The van der Waals surface area contributed by atoms with Crippen molar-refractivity contribution in [2.75, 3.05) is 12.0 Å². The van der Waals surface area contributed by atoms with Gasteiger partial charge in [0.2, 0.25) is 5.91 Å². The van der Waals surface area contributed by atoms with Crippen LogP contribution in [0.3, 0.4) is 0 Å². The van der Waals surface area contributed by atoms with Crippen LogP contribution in [-0.2, 0) is 30.5 Å². The van der Waals surface area contributed by atoms with Crippen LogP contribution < -0.4 is 16.0 Å². The Balaban J connectivity index is 2.32. The fourth-order valence-electron chi connectivity index (χ4n) is 2.94. The van der Waals surface area contributed by atoms with Gasteiger partial charge in [-0.05, 0) is 30.9 Å². The average Bonchev–Trinajstić information content (AvgIpc) is 2.84. The number of allylic oxidation sites excluding steroid dienone is 1. The number of ether oxygens (including phenoxy) is 1. The largest absolute Gasteiger partial charge is 0.456 e. The summed E-state index contributed by atoms with van der Waals surface area (Å²) in [5.74, 6) is -2.20.